The van der Waals surface area contributed by atoms with E-state index < -0.39 is 35.0 Å². The molecule has 8 nitrogen and oxygen atoms in total. The van der Waals surface area contributed by atoms with E-state index in [0.29, 0.717) is 0 Å². The van der Waals surface area contributed by atoms with Gasteiger partial charge in [0.25, 0.3) is 0 Å². The van der Waals surface area contributed by atoms with Crippen LogP contribution < -0.4 is 0 Å². The number of esters is 2. The minimum atomic E-state index is -1.93. The van der Waals surface area contributed by atoms with Crippen molar-refractivity contribution < 1.29 is 39.2 Å². The van der Waals surface area contributed by atoms with Crippen LogP contribution in [0.5, 0.6) is 0 Å². The number of hydrogen-bond acceptors (Lipinski definition) is 7. The summed E-state index contributed by atoms with van der Waals surface area (Å²) in [5, 5.41) is 29.9. The van der Waals surface area contributed by atoms with Crippen LogP contribution in [0, 0.1) is 0 Å². The van der Waals surface area contributed by atoms with Gasteiger partial charge in [0.15, 0.2) is 0 Å². The van der Waals surface area contributed by atoms with Crippen molar-refractivity contribution in [2.75, 3.05) is 0 Å². The van der Waals surface area contributed by atoms with Crippen LogP contribution in [0.4, 0.5) is 0 Å². The Morgan fingerprint density at radius 1 is 0.793 bits per heavy atom. The Kier molecular flexibility index (Phi) is 5.49. The summed E-state index contributed by atoms with van der Waals surface area (Å²) < 4.78 is 10.2. The number of hydrogen-bond donors (Lipinski definition) is 3. The summed E-state index contributed by atoms with van der Waals surface area (Å²) in [6.45, 7) is 0. The standard InChI is InChI=1S/C21H18O8/c22-17(23)14-7-8-15(18(24)28-20(26)9-3-1-4-10-20)16(13-14)19(25)29-21(27)11-5-2-6-12-21/h1-9,11,13,26-27H,10,12H2,(H,22,23). The molecule has 1 aromatic carbocycles. The molecule has 0 spiro atoms. The minimum absolute atomic E-state index is 0.00940. The lowest BCUT2D eigenvalue weighted by Gasteiger charge is -2.26. The summed E-state index contributed by atoms with van der Waals surface area (Å²) in [7, 11) is 0. The zero-order valence-corrected chi connectivity index (χ0v) is 15.1. The first-order chi connectivity index (χ1) is 13.7. The zero-order valence-electron chi connectivity index (χ0n) is 15.1. The average molecular weight is 398 g/mol. The second-order valence-corrected chi connectivity index (χ2v) is 6.52. The van der Waals surface area contributed by atoms with Crippen LogP contribution in [-0.4, -0.2) is 44.8 Å². The van der Waals surface area contributed by atoms with E-state index in [1.807, 2.05) is 0 Å². The average Bonchev–Trinajstić information content (AvgIpc) is 2.67. The molecule has 3 N–H and O–H groups in total. The van der Waals surface area contributed by atoms with Crippen LogP contribution in [0.15, 0.2) is 66.8 Å². The number of carboxylic acid groups (broad SMARTS) is 1. The molecule has 2 aliphatic carbocycles. The zero-order chi connectivity index (χ0) is 21.1. The maximum Gasteiger partial charge on any atom is 0.341 e. The van der Waals surface area contributed by atoms with E-state index in [2.05, 4.69) is 0 Å². The van der Waals surface area contributed by atoms with E-state index in [1.165, 1.54) is 24.3 Å². The highest BCUT2D eigenvalue weighted by atomic mass is 16.7. The van der Waals surface area contributed by atoms with Gasteiger partial charge in [0.05, 0.1) is 16.7 Å². The highest BCUT2D eigenvalue weighted by Gasteiger charge is 2.34. The molecule has 150 valence electrons. The summed E-state index contributed by atoms with van der Waals surface area (Å²) >= 11 is 0. The fraction of sp³-hybridized carbons (Fsp3) is 0.190. The van der Waals surface area contributed by atoms with Crippen molar-refractivity contribution in [3.8, 4) is 0 Å². The van der Waals surface area contributed by atoms with Crippen molar-refractivity contribution in [1.29, 1.82) is 0 Å². The van der Waals surface area contributed by atoms with E-state index in [9.17, 15) is 29.7 Å². The Morgan fingerprint density at radius 3 is 1.76 bits per heavy atom. The molecular formula is C21H18O8. The topological polar surface area (TPSA) is 130 Å². The van der Waals surface area contributed by atoms with Crippen LogP contribution >= 0.6 is 0 Å². The first kappa shape index (κ1) is 20.2. The Morgan fingerprint density at radius 2 is 1.31 bits per heavy atom. The predicted octanol–water partition coefficient (Wildman–Crippen LogP) is 2.11. The van der Waals surface area contributed by atoms with Gasteiger partial charge in [0.1, 0.15) is 0 Å². The molecule has 1 aromatic rings. The first-order valence-corrected chi connectivity index (χ1v) is 8.69. The third-order valence-electron chi connectivity index (χ3n) is 4.27. The highest BCUT2D eigenvalue weighted by Crippen LogP contribution is 2.25. The van der Waals surface area contributed by atoms with Crippen LogP contribution in [0.3, 0.4) is 0 Å². The molecule has 0 aromatic heterocycles. The van der Waals surface area contributed by atoms with Gasteiger partial charge in [0.2, 0.25) is 11.6 Å². The molecule has 0 bridgehead atoms. The molecule has 8 heteroatoms. The Balaban J connectivity index is 1.91. The van der Waals surface area contributed by atoms with Crippen molar-refractivity contribution in [3.63, 3.8) is 0 Å². The second kappa shape index (κ2) is 7.86. The van der Waals surface area contributed by atoms with Gasteiger partial charge in [0, 0.05) is 12.8 Å². The van der Waals surface area contributed by atoms with E-state index in [1.54, 1.807) is 24.3 Å². The number of aliphatic hydroxyl groups is 2. The SMILES string of the molecule is O=C(O)c1ccc(C(=O)OC2(O)C=CC=CC2)c(C(=O)OC2(O)C=CC=CC2)c1. The fourth-order valence-corrected chi connectivity index (χ4v) is 2.79. The van der Waals surface area contributed by atoms with E-state index in [4.69, 9.17) is 9.47 Å². The first-order valence-electron chi connectivity index (χ1n) is 8.69. The minimum Gasteiger partial charge on any atom is -0.478 e. The van der Waals surface area contributed by atoms with Crippen LogP contribution in [0.2, 0.25) is 0 Å². The summed E-state index contributed by atoms with van der Waals surface area (Å²) in [5.74, 6) is -7.32. The molecule has 2 aliphatic rings. The number of carboxylic acids is 1. The van der Waals surface area contributed by atoms with Crippen molar-refractivity contribution in [2.45, 2.75) is 24.4 Å². The molecule has 2 unspecified atom stereocenters. The Hall–Kier alpha value is -3.49. The lowest BCUT2D eigenvalue weighted by atomic mass is 10.0. The third kappa shape index (κ3) is 4.68. The van der Waals surface area contributed by atoms with Crippen molar-refractivity contribution in [1.82, 2.24) is 0 Å². The molecule has 0 saturated carbocycles. The van der Waals surface area contributed by atoms with Crippen molar-refractivity contribution in [2.24, 2.45) is 0 Å². The van der Waals surface area contributed by atoms with Gasteiger partial charge in [-0.05, 0) is 30.4 Å². The van der Waals surface area contributed by atoms with Gasteiger partial charge in [-0.15, -0.1) is 0 Å². The fourth-order valence-electron chi connectivity index (χ4n) is 2.79. The lowest BCUT2D eigenvalue weighted by molar-refractivity contribution is -0.128. The van der Waals surface area contributed by atoms with E-state index in [-0.39, 0.29) is 24.0 Å². The van der Waals surface area contributed by atoms with Crippen LogP contribution in [0.1, 0.15) is 43.9 Å². The Bertz CT molecular complexity index is 971. The largest absolute Gasteiger partial charge is 0.478 e. The van der Waals surface area contributed by atoms with Gasteiger partial charge in [-0.1, -0.05) is 36.5 Å². The molecule has 29 heavy (non-hydrogen) atoms. The number of carbonyl (C=O) groups is 3. The quantitative estimate of drug-likeness (QED) is 0.508. The summed E-state index contributed by atoms with van der Waals surface area (Å²) in [6.07, 6.45) is 12.0. The summed E-state index contributed by atoms with van der Waals surface area (Å²) in [4.78, 5) is 36.6. The van der Waals surface area contributed by atoms with Gasteiger partial charge >= 0.3 is 17.9 Å². The summed E-state index contributed by atoms with van der Waals surface area (Å²) in [6, 6.07) is 3.16. The Labute approximate surface area is 165 Å². The highest BCUT2D eigenvalue weighted by molar-refractivity contribution is 6.05. The van der Waals surface area contributed by atoms with Gasteiger partial charge in [-0.3, -0.25) is 0 Å². The number of benzene rings is 1. The van der Waals surface area contributed by atoms with Crippen molar-refractivity contribution >= 4 is 17.9 Å². The van der Waals surface area contributed by atoms with Crippen LogP contribution in [0.25, 0.3) is 0 Å². The van der Waals surface area contributed by atoms with Gasteiger partial charge < -0.3 is 24.8 Å². The molecule has 0 fully saturated rings. The molecule has 0 radical (unpaired) electrons. The molecule has 0 amide bonds. The van der Waals surface area contributed by atoms with E-state index in [0.717, 1.165) is 18.2 Å². The van der Waals surface area contributed by atoms with E-state index >= 15 is 0 Å². The molecule has 3 rings (SSSR count). The molecule has 0 saturated heterocycles. The van der Waals surface area contributed by atoms with Crippen molar-refractivity contribution in [3.05, 3.63) is 83.5 Å². The number of rotatable bonds is 5. The number of ether oxygens (including phenoxy) is 2. The normalized spacial score (nSPS) is 24.9. The number of aromatic carboxylic acids is 1. The maximum absolute atomic E-state index is 12.7. The predicted molar refractivity (Wildman–Crippen MR) is 99.9 cm³/mol. The van der Waals surface area contributed by atoms with Gasteiger partial charge in [-0.25, -0.2) is 14.4 Å². The van der Waals surface area contributed by atoms with Gasteiger partial charge in [-0.2, -0.15) is 0 Å². The number of allylic oxidation sites excluding steroid dienone is 4. The molecular weight excluding hydrogens is 380 g/mol. The van der Waals surface area contributed by atoms with Crippen LogP contribution in [-0.2, 0) is 9.47 Å². The monoisotopic (exact) mass is 398 g/mol. The molecule has 0 aliphatic heterocycles. The third-order valence-corrected chi connectivity index (χ3v) is 4.27. The lowest BCUT2D eigenvalue weighted by Crippen LogP contribution is -2.35. The molecule has 0 heterocycles. The summed E-state index contributed by atoms with van der Waals surface area (Å²) in [5.41, 5.74) is -0.987. The maximum atomic E-state index is 12.7. The second-order valence-electron chi connectivity index (χ2n) is 6.52. The number of carbonyl (C=O) groups excluding carboxylic acids is 2. The molecule has 2 atom stereocenters. The smallest absolute Gasteiger partial charge is 0.341 e.